The molecular formula is C24H40O4. The summed E-state index contributed by atoms with van der Waals surface area (Å²) in [5, 5.41) is 31.6. The summed E-state index contributed by atoms with van der Waals surface area (Å²) in [5.74, 6) is 1.91. The molecule has 4 saturated carbocycles. The Hall–Kier alpha value is -0.610. The SMILES string of the molecule is C[C@H](CCC(=O)O)[C@H]1CC[C@H]2[C@@H]3C[C@@H](O)[C@@H]4CCCC[C@]4(C)[C@H]3C[C@H](O)[C@]12C. The standard InChI is InChI=1S/C24H40O4/c1-14(7-10-22(27)28)16-8-9-17-15-12-20(25)18-6-4-5-11-23(18,2)19(15)13-21(26)24(16,17)3/h14-21,25-26H,4-13H2,1-3H3,(H,27,28)/t14-,15+,16-,17+,18+,19+,20-,21+,23+,24-/m1/s1. The van der Waals surface area contributed by atoms with Crippen molar-refractivity contribution in [2.24, 2.45) is 46.3 Å². The fourth-order valence-electron chi connectivity index (χ4n) is 8.83. The molecule has 0 spiro atoms. The molecule has 0 bridgehead atoms. The van der Waals surface area contributed by atoms with Crippen molar-refractivity contribution in [2.45, 2.75) is 97.2 Å². The molecule has 160 valence electrons. The van der Waals surface area contributed by atoms with Crippen LogP contribution in [0.1, 0.15) is 85.0 Å². The highest BCUT2D eigenvalue weighted by molar-refractivity contribution is 5.66. The van der Waals surface area contributed by atoms with Crippen molar-refractivity contribution < 1.29 is 20.1 Å². The first kappa shape index (κ1) is 20.7. The lowest BCUT2D eigenvalue weighted by Crippen LogP contribution is -2.61. The van der Waals surface area contributed by atoms with E-state index in [-0.39, 0.29) is 29.5 Å². The third kappa shape index (κ3) is 2.96. The Morgan fingerprint density at radius 3 is 2.50 bits per heavy atom. The molecule has 0 heterocycles. The molecule has 4 rings (SSSR count). The smallest absolute Gasteiger partial charge is 0.303 e. The molecule has 4 fully saturated rings. The molecule has 4 heteroatoms. The van der Waals surface area contributed by atoms with E-state index >= 15 is 0 Å². The first-order valence-corrected chi connectivity index (χ1v) is 11.8. The number of aliphatic hydroxyl groups excluding tert-OH is 2. The molecule has 28 heavy (non-hydrogen) atoms. The highest BCUT2D eigenvalue weighted by atomic mass is 16.4. The van der Waals surface area contributed by atoms with Crippen molar-refractivity contribution in [1.29, 1.82) is 0 Å². The topological polar surface area (TPSA) is 77.8 Å². The van der Waals surface area contributed by atoms with Gasteiger partial charge in [0.1, 0.15) is 0 Å². The van der Waals surface area contributed by atoms with Crippen LogP contribution in [0.4, 0.5) is 0 Å². The van der Waals surface area contributed by atoms with Gasteiger partial charge in [0.05, 0.1) is 12.2 Å². The number of aliphatic hydroxyl groups is 2. The van der Waals surface area contributed by atoms with E-state index in [2.05, 4.69) is 20.8 Å². The summed E-state index contributed by atoms with van der Waals surface area (Å²) in [6.07, 6.45) is 9.29. The molecule has 0 aromatic heterocycles. The average Bonchev–Trinajstić information content (AvgIpc) is 3.00. The zero-order chi connectivity index (χ0) is 20.3. The minimum atomic E-state index is -0.720. The monoisotopic (exact) mass is 392 g/mol. The van der Waals surface area contributed by atoms with E-state index in [1.54, 1.807) is 0 Å². The number of fused-ring (bicyclic) bond motifs is 5. The number of carbonyl (C=O) groups is 1. The summed E-state index contributed by atoms with van der Waals surface area (Å²) < 4.78 is 0. The molecule has 3 N–H and O–H groups in total. The Balaban J connectivity index is 1.60. The van der Waals surface area contributed by atoms with Crippen LogP contribution in [0, 0.1) is 46.3 Å². The van der Waals surface area contributed by atoms with Crippen molar-refractivity contribution in [2.75, 3.05) is 0 Å². The third-order valence-electron chi connectivity index (χ3n) is 10.3. The van der Waals surface area contributed by atoms with Gasteiger partial charge < -0.3 is 15.3 Å². The second kappa shape index (κ2) is 7.27. The Morgan fingerprint density at radius 2 is 1.79 bits per heavy atom. The van der Waals surface area contributed by atoms with Crippen molar-refractivity contribution in [1.82, 2.24) is 0 Å². The number of carboxylic acid groups (broad SMARTS) is 1. The minimum absolute atomic E-state index is 0.128. The van der Waals surface area contributed by atoms with E-state index in [1.165, 1.54) is 19.3 Å². The summed E-state index contributed by atoms with van der Waals surface area (Å²) in [6, 6.07) is 0. The first-order valence-electron chi connectivity index (χ1n) is 11.8. The van der Waals surface area contributed by atoms with Gasteiger partial charge in [-0.3, -0.25) is 4.79 Å². The van der Waals surface area contributed by atoms with Crippen LogP contribution in [0.5, 0.6) is 0 Å². The third-order valence-corrected chi connectivity index (χ3v) is 10.3. The van der Waals surface area contributed by atoms with Crippen LogP contribution in [0.2, 0.25) is 0 Å². The Bertz CT molecular complexity index is 605. The van der Waals surface area contributed by atoms with Crippen LogP contribution in [-0.4, -0.2) is 33.5 Å². The average molecular weight is 393 g/mol. The van der Waals surface area contributed by atoms with Gasteiger partial charge in [-0.15, -0.1) is 0 Å². The fraction of sp³-hybridized carbons (Fsp3) is 0.958. The van der Waals surface area contributed by atoms with Crippen LogP contribution in [0.3, 0.4) is 0 Å². The molecule has 0 amide bonds. The molecule has 0 aromatic rings. The number of hydrogen-bond donors (Lipinski definition) is 3. The summed E-state index contributed by atoms with van der Waals surface area (Å²) in [6.45, 7) is 6.89. The maximum atomic E-state index is 11.5. The normalized spacial score (nSPS) is 51.7. The van der Waals surface area contributed by atoms with Gasteiger partial charge in [0.25, 0.3) is 0 Å². The van der Waals surface area contributed by atoms with Crippen LogP contribution in [0.15, 0.2) is 0 Å². The predicted octanol–water partition coefficient (Wildman–Crippen LogP) is 4.48. The molecular weight excluding hydrogens is 352 g/mol. The fourth-order valence-corrected chi connectivity index (χ4v) is 8.83. The van der Waals surface area contributed by atoms with Crippen LogP contribution in [-0.2, 0) is 4.79 Å². The largest absolute Gasteiger partial charge is 0.481 e. The van der Waals surface area contributed by atoms with Crippen molar-refractivity contribution in [3.05, 3.63) is 0 Å². The molecule has 0 unspecified atom stereocenters. The van der Waals surface area contributed by atoms with Crippen LogP contribution in [0.25, 0.3) is 0 Å². The summed E-state index contributed by atoms with van der Waals surface area (Å²) in [4.78, 5) is 11.1. The molecule has 0 saturated heterocycles. The summed E-state index contributed by atoms with van der Waals surface area (Å²) >= 11 is 0. The van der Waals surface area contributed by atoms with E-state index in [9.17, 15) is 15.0 Å². The number of aliphatic carboxylic acids is 1. The van der Waals surface area contributed by atoms with E-state index in [0.717, 1.165) is 32.1 Å². The highest BCUT2D eigenvalue weighted by Gasteiger charge is 2.64. The van der Waals surface area contributed by atoms with E-state index in [0.29, 0.717) is 41.9 Å². The lowest BCUT2D eigenvalue weighted by atomic mass is 9.43. The van der Waals surface area contributed by atoms with Crippen molar-refractivity contribution in [3.63, 3.8) is 0 Å². The molecule has 0 aromatic carbocycles. The van der Waals surface area contributed by atoms with Gasteiger partial charge in [-0.2, -0.15) is 0 Å². The Morgan fingerprint density at radius 1 is 1.04 bits per heavy atom. The number of carboxylic acids is 1. The van der Waals surface area contributed by atoms with Gasteiger partial charge >= 0.3 is 5.97 Å². The maximum absolute atomic E-state index is 11.5. The number of rotatable bonds is 4. The van der Waals surface area contributed by atoms with Gasteiger partial charge in [0.2, 0.25) is 0 Å². The second-order valence-electron chi connectivity index (χ2n) is 11.2. The Labute approximate surface area is 170 Å². The molecule has 0 radical (unpaired) electrons. The molecule has 0 aliphatic heterocycles. The lowest BCUT2D eigenvalue weighted by Gasteiger charge is -2.63. The Kier molecular flexibility index (Phi) is 5.36. The second-order valence-corrected chi connectivity index (χ2v) is 11.2. The summed E-state index contributed by atoms with van der Waals surface area (Å²) in [5.41, 5.74) is 0.0482. The van der Waals surface area contributed by atoms with E-state index in [1.807, 2.05) is 0 Å². The van der Waals surface area contributed by atoms with Gasteiger partial charge in [0, 0.05) is 6.42 Å². The van der Waals surface area contributed by atoms with E-state index in [4.69, 9.17) is 5.11 Å². The van der Waals surface area contributed by atoms with Gasteiger partial charge in [-0.1, -0.05) is 33.6 Å². The molecule has 10 atom stereocenters. The van der Waals surface area contributed by atoms with Crippen LogP contribution < -0.4 is 0 Å². The zero-order valence-electron chi connectivity index (χ0n) is 17.9. The van der Waals surface area contributed by atoms with E-state index < -0.39 is 5.97 Å². The first-order chi connectivity index (χ1) is 13.2. The molecule has 4 aliphatic rings. The highest BCUT2D eigenvalue weighted by Crippen LogP contribution is 2.68. The minimum Gasteiger partial charge on any atom is -0.481 e. The lowest BCUT2D eigenvalue weighted by molar-refractivity contribution is -0.194. The number of hydrogen-bond acceptors (Lipinski definition) is 3. The van der Waals surface area contributed by atoms with Crippen molar-refractivity contribution >= 4 is 5.97 Å². The molecule has 4 nitrogen and oxygen atoms in total. The predicted molar refractivity (Wildman–Crippen MR) is 109 cm³/mol. The van der Waals surface area contributed by atoms with Gasteiger partial charge in [0.15, 0.2) is 0 Å². The van der Waals surface area contributed by atoms with Gasteiger partial charge in [-0.25, -0.2) is 0 Å². The maximum Gasteiger partial charge on any atom is 0.303 e. The van der Waals surface area contributed by atoms with Crippen LogP contribution >= 0.6 is 0 Å². The van der Waals surface area contributed by atoms with Crippen molar-refractivity contribution in [3.8, 4) is 0 Å². The zero-order valence-corrected chi connectivity index (χ0v) is 17.9. The summed E-state index contributed by atoms with van der Waals surface area (Å²) in [7, 11) is 0. The van der Waals surface area contributed by atoms with Gasteiger partial charge in [-0.05, 0) is 91.3 Å². The quantitative estimate of drug-likeness (QED) is 0.659. The molecule has 4 aliphatic carbocycles.